The van der Waals surface area contributed by atoms with E-state index in [1.54, 1.807) is 9.80 Å². The summed E-state index contributed by atoms with van der Waals surface area (Å²) < 4.78 is 1.01. The van der Waals surface area contributed by atoms with E-state index in [4.69, 9.17) is 0 Å². The van der Waals surface area contributed by atoms with Crippen LogP contribution in [0.4, 0.5) is 0 Å². The average molecular weight is 528 g/mol. The molecule has 4 aromatic rings. The smallest absolute Gasteiger partial charge is 0.254 e. The van der Waals surface area contributed by atoms with Gasteiger partial charge in [0.1, 0.15) is 0 Å². The van der Waals surface area contributed by atoms with Gasteiger partial charge >= 0.3 is 0 Å². The zero-order valence-electron chi connectivity index (χ0n) is 19.5. The number of H-pyrrole nitrogens is 1. The number of fused-ring (bicyclic) bond motifs is 5. The van der Waals surface area contributed by atoms with Crippen LogP contribution in [0.3, 0.4) is 0 Å². The van der Waals surface area contributed by atoms with Crippen LogP contribution in [0.25, 0.3) is 10.9 Å². The van der Waals surface area contributed by atoms with Gasteiger partial charge in [-0.25, -0.2) is 0 Å². The Kier molecular flexibility index (Phi) is 5.29. The second-order valence-corrected chi connectivity index (χ2v) is 10.5. The Morgan fingerprint density at radius 2 is 1.69 bits per heavy atom. The fourth-order valence-electron chi connectivity index (χ4n) is 5.76. The number of carbonyl (C=O) groups is 2. The number of aromatic amines is 1. The van der Waals surface area contributed by atoms with Gasteiger partial charge in [-0.3, -0.25) is 9.59 Å². The summed E-state index contributed by atoms with van der Waals surface area (Å²) in [6.45, 7) is 3.02. The van der Waals surface area contributed by atoms with E-state index in [1.165, 1.54) is 0 Å². The standard InChI is InChI=1S/C29H26BrN3O2/c1-29-27-26(22-9-5-6-10-24(22)31-27)23(20-11-13-21(30)14-12-20)17-33(29)25(34)18-32(28(29)35)16-15-19-7-3-2-4-8-19/h2-14,23,31H,15-18H2,1H3. The van der Waals surface area contributed by atoms with Crippen LogP contribution in [-0.2, 0) is 21.5 Å². The third-order valence-corrected chi connectivity index (χ3v) is 8.13. The van der Waals surface area contributed by atoms with Crippen LogP contribution in [0, 0.1) is 0 Å². The maximum atomic E-state index is 14.1. The molecule has 0 bridgehead atoms. The Hall–Kier alpha value is -3.38. The first-order valence-corrected chi connectivity index (χ1v) is 12.8. The Balaban J connectivity index is 1.45. The third-order valence-electron chi connectivity index (χ3n) is 7.60. The quantitative estimate of drug-likeness (QED) is 0.396. The summed E-state index contributed by atoms with van der Waals surface area (Å²) in [4.78, 5) is 34.8. The van der Waals surface area contributed by atoms with Gasteiger partial charge in [0.05, 0.1) is 12.2 Å². The van der Waals surface area contributed by atoms with Crippen molar-refractivity contribution in [1.29, 1.82) is 0 Å². The fraction of sp³-hybridized carbons (Fsp3) is 0.241. The van der Waals surface area contributed by atoms with Crippen molar-refractivity contribution in [2.75, 3.05) is 19.6 Å². The molecule has 2 aliphatic rings. The minimum Gasteiger partial charge on any atom is -0.356 e. The predicted octanol–water partition coefficient (Wildman–Crippen LogP) is 5.20. The topological polar surface area (TPSA) is 56.4 Å². The number of carbonyl (C=O) groups excluding carboxylic acids is 2. The van der Waals surface area contributed by atoms with E-state index in [1.807, 2.05) is 55.5 Å². The van der Waals surface area contributed by atoms with Gasteiger partial charge in [0.25, 0.3) is 5.91 Å². The zero-order valence-corrected chi connectivity index (χ0v) is 21.1. The summed E-state index contributed by atoms with van der Waals surface area (Å²) >= 11 is 3.53. The van der Waals surface area contributed by atoms with Gasteiger partial charge in [0.15, 0.2) is 5.54 Å². The minimum absolute atomic E-state index is 0.00780. The largest absolute Gasteiger partial charge is 0.356 e. The summed E-state index contributed by atoms with van der Waals surface area (Å²) in [7, 11) is 0. The van der Waals surface area contributed by atoms with Gasteiger partial charge in [-0.2, -0.15) is 0 Å². The number of rotatable bonds is 4. The summed E-state index contributed by atoms with van der Waals surface area (Å²) in [5.41, 5.74) is 4.17. The number of nitrogens with zero attached hydrogens (tertiary/aromatic N) is 2. The van der Waals surface area contributed by atoms with E-state index >= 15 is 0 Å². The highest BCUT2D eigenvalue weighted by Gasteiger charge is 2.56. The Morgan fingerprint density at radius 1 is 0.971 bits per heavy atom. The van der Waals surface area contributed by atoms with Crippen molar-refractivity contribution in [3.05, 3.63) is 106 Å². The van der Waals surface area contributed by atoms with Gasteiger partial charge in [0.2, 0.25) is 5.91 Å². The maximum absolute atomic E-state index is 14.1. The lowest BCUT2D eigenvalue weighted by molar-refractivity contribution is -0.166. The average Bonchev–Trinajstić information content (AvgIpc) is 3.28. The van der Waals surface area contributed by atoms with Gasteiger partial charge in [-0.1, -0.05) is 76.6 Å². The van der Waals surface area contributed by atoms with Gasteiger partial charge in [-0.05, 0) is 48.2 Å². The molecule has 0 spiro atoms. The van der Waals surface area contributed by atoms with Crippen molar-refractivity contribution >= 4 is 38.6 Å². The predicted molar refractivity (Wildman–Crippen MR) is 140 cm³/mol. The van der Waals surface area contributed by atoms with E-state index in [-0.39, 0.29) is 24.3 Å². The normalized spacial score (nSPS) is 21.8. The number of amides is 2. The monoisotopic (exact) mass is 527 g/mol. The number of hydrogen-bond acceptors (Lipinski definition) is 2. The molecule has 1 aromatic heterocycles. The summed E-state index contributed by atoms with van der Waals surface area (Å²) in [6.07, 6.45) is 0.719. The maximum Gasteiger partial charge on any atom is 0.254 e. The van der Waals surface area contributed by atoms with Gasteiger partial charge in [0, 0.05) is 34.4 Å². The minimum atomic E-state index is -1.06. The fourth-order valence-corrected chi connectivity index (χ4v) is 6.02. The highest BCUT2D eigenvalue weighted by atomic mass is 79.9. The van der Waals surface area contributed by atoms with Crippen molar-refractivity contribution in [1.82, 2.24) is 14.8 Å². The van der Waals surface area contributed by atoms with E-state index in [0.29, 0.717) is 13.1 Å². The SMILES string of the molecule is CC12C(=O)N(CCc3ccccc3)CC(=O)N1CC(c1ccc(Br)cc1)c1c2[nH]c2ccccc12. The first-order chi connectivity index (χ1) is 17.0. The summed E-state index contributed by atoms with van der Waals surface area (Å²) in [6, 6.07) is 26.6. The number of para-hydroxylation sites is 1. The molecule has 0 radical (unpaired) electrons. The highest BCUT2D eigenvalue weighted by molar-refractivity contribution is 9.10. The van der Waals surface area contributed by atoms with Crippen LogP contribution in [0.15, 0.2) is 83.3 Å². The molecule has 5 nitrogen and oxygen atoms in total. The van der Waals surface area contributed by atoms with Crippen molar-refractivity contribution in [2.45, 2.75) is 24.8 Å². The molecule has 2 unspecified atom stereocenters. The highest BCUT2D eigenvalue weighted by Crippen LogP contribution is 2.48. The number of nitrogens with one attached hydrogen (secondary N) is 1. The molecule has 2 aliphatic heterocycles. The lowest BCUT2D eigenvalue weighted by Gasteiger charge is -2.51. The molecule has 0 saturated carbocycles. The Morgan fingerprint density at radius 3 is 2.46 bits per heavy atom. The zero-order chi connectivity index (χ0) is 24.2. The molecule has 2 amide bonds. The van der Waals surface area contributed by atoms with E-state index in [0.717, 1.165) is 44.2 Å². The molecule has 3 heterocycles. The van der Waals surface area contributed by atoms with Crippen LogP contribution in [0.2, 0.25) is 0 Å². The molecule has 1 N–H and O–H groups in total. The van der Waals surface area contributed by atoms with E-state index < -0.39 is 5.54 Å². The van der Waals surface area contributed by atoms with Crippen LogP contribution >= 0.6 is 15.9 Å². The third kappa shape index (κ3) is 3.50. The van der Waals surface area contributed by atoms with Crippen LogP contribution in [-0.4, -0.2) is 46.2 Å². The molecule has 6 heteroatoms. The van der Waals surface area contributed by atoms with Crippen molar-refractivity contribution in [3.8, 4) is 0 Å². The molecule has 35 heavy (non-hydrogen) atoms. The molecule has 176 valence electrons. The van der Waals surface area contributed by atoms with Crippen molar-refractivity contribution in [3.63, 3.8) is 0 Å². The van der Waals surface area contributed by atoms with Gasteiger partial charge in [-0.15, -0.1) is 0 Å². The number of aromatic nitrogens is 1. The first-order valence-electron chi connectivity index (χ1n) is 12.0. The molecule has 1 fully saturated rings. The second-order valence-electron chi connectivity index (χ2n) is 9.60. The van der Waals surface area contributed by atoms with Crippen LogP contribution in [0.1, 0.15) is 35.2 Å². The summed E-state index contributed by atoms with van der Waals surface area (Å²) in [5.74, 6) is -0.0448. The number of halogens is 1. The lowest BCUT2D eigenvalue weighted by Crippen LogP contribution is -2.67. The molecule has 1 saturated heterocycles. The molecule has 0 aliphatic carbocycles. The van der Waals surface area contributed by atoms with Gasteiger partial charge < -0.3 is 14.8 Å². The Labute approximate surface area is 212 Å². The second kappa shape index (κ2) is 8.38. The van der Waals surface area contributed by atoms with Crippen LogP contribution < -0.4 is 0 Å². The number of hydrogen-bond donors (Lipinski definition) is 1. The van der Waals surface area contributed by atoms with Crippen molar-refractivity contribution in [2.24, 2.45) is 0 Å². The lowest BCUT2D eigenvalue weighted by atomic mass is 9.76. The molecule has 6 rings (SSSR count). The van der Waals surface area contributed by atoms with E-state index in [2.05, 4.69) is 51.2 Å². The first kappa shape index (κ1) is 22.1. The van der Waals surface area contributed by atoms with E-state index in [9.17, 15) is 9.59 Å². The van der Waals surface area contributed by atoms with Crippen molar-refractivity contribution < 1.29 is 9.59 Å². The Bertz CT molecular complexity index is 1430. The number of benzene rings is 3. The molecule has 3 aromatic carbocycles. The van der Waals surface area contributed by atoms with Crippen LogP contribution in [0.5, 0.6) is 0 Å². The number of piperazine rings is 1. The molecular weight excluding hydrogens is 502 g/mol. The molecule has 2 atom stereocenters. The summed E-state index contributed by atoms with van der Waals surface area (Å²) in [5, 5.41) is 1.11. The molecular formula is C29H26BrN3O2.